The number of benzene rings is 1. The number of aromatic hydroxyl groups is 2. The Kier molecular flexibility index (Phi) is 5.63. The van der Waals surface area contributed by atoms with Crippen molar-refractivity contribution in [1.82, 2.24) is 9.97 Å². The minimum atomic E-state index is -0.250. The van der Waals surface area contributed by atoms with Gasteiger partial charge in [-0.25, -0.2) is 4.98 Å². The molecule has 0 saturated carbocycles. The number of hydrogen-bond donors (Lipinski definition) is 3. The first-order valence-corrected chi connectivity index (χ1v) is 9.51. The van der Waals surface area contributed by atoms with E-state index in [1.807, 2.05) is 6.07 Å². The van der Waals surface area contributed by atoms with Gasteiger partial charge in [-0.15, -0.1) is 0 Å². The first-order valence-electron chi connectivity index (χ1n) is 9.51. The lowest BCUT2D eigenvalue weighted by atomic mass is 10.1. The maximum atomic E-state index is 9.89. The van der Waals surface area contributed by atoms with Crippen molar-refractivity contribution in [2.45, 2.75) is 0 Å². The molecular weight excluding hydrogens is 376 g/mol. The summed E-state index contributed by atoms with van der Waals surface area (Å²) in [4.78, 5) is 13.7. The molecule has 10 heteroatoms. The molecule has 1 aromatic carbocycles. The van der Waals surface area contributed by atoms with E-state index in [9.17, 15) is 10.2 Å². The van der Waals surface area contributed by atoms with E-state index in [-0.39, 0.29) is 11.5 Å². The summed E-state index contributed by atoms with van der Waals surface area (Å²) in [6.45, 7) is 5.35. The third kappa shape index (κ3) is 4.17. The summed E-state index contributed by atoms with van der Waals surface area (Å²) in [5.41, 5.74) is 1.48. The maximum absolute atomic E-state index is 9.89. The molecule has 0 amide bonds. The van der Waals surface area contributed by atoms with E-state index in [0.29, 0.717) is 62.4 Å². The van der Waals surface area contributed by atoms with Crippen molar-refractivity contribution in [3.63, 3.8) is 0 Å². The van der Waals surface area contributed by atoms with Crippen molar-refractivity contribution in [2.24, 2.45) is 10.9 Å². The van der Waals surface area contributed by atoms with Crippen LogP contribution in [-0.2, 0) is 9.47 Å². The Morgan fingerprint density at radius 1 is 0.897 bits per heavy atom. The summed E-state index contributed by atoms with van der Waals surface area (Å²) < 4.78 is 10.9. The van der Waals surface area contributed by atoms with E-state index >= 15 is 0 Å². The topological polar surface area (TPSA) is 130 Å². The van der Waals surface area contributed by atoms with E-state index in [1.165, 1.54) is 12.1 Å². The van der Waals surface area contributed by atoms with Crippen molar-refractivity contribution in [3.05, 3.63) is 35.5 Å². The third-order valence-electron chi connectivity index (χ3n) is 4.95. The Bertz CT molecular complexity index is 858. The van der Waals surface area contributed by atoms with E-state index in [4.69, 9.17) is 25.3 Å². The summed E-state index contributed by atoms with van der Waals surface area (Å²) in [6.07, 6.45) is 0. The normalized spacial score (nSPS) is 18.1. The van der Waals surface area contributed by atoms with E-state index in [1.54, 1.807) is 6.07 Å². The number of ether oxygens (including phenoxy) is 2. The maximum Gasteiger partial charge on any atom is 0.228 e. The third-order valence-corrected chi connectivity index (χ3v) is 4.95. The molecule has 0 radical (unpaired) electrons. The fourth-order valence-corrected chi connectivity index (χ4v) is 3.36. The monoisotopic (exact) mass is 400 g/mol. The second-order valence-corrected chi connectivity index (χ2v) is 6.79. The van der Waals surface area contributed by atoms with Gasteiger partial charge in [-0.2, -0.15) is 10.1 Å². The van der Waals surface area contributed by atoms with Crippen molar-refractivity contribution in [3.8, 4) is 11.5 Å². The Morgan fingerprint density at radius 3 is 2.17 bits per heavy atom. The van der Waals surface area contributed by atoms with Crippen LogP contribution in [0.15, 0.2) is 29.4 Å². The molecule has 0 atom stereocenters. The molecule has 1 aromatic heterocycles. The van der Waals surface area contributed by atoms with Crippen LogP contribution in [0.1, 0.15) is 11.3 Å². The predicted molar refractivity (Wildman–Crippen MR) is 108 cm³/mol. The van der Waals surface area contributed by atoms with Crippen LogP contribution < -0.4 is 15.6 Å². The van der Waals surface area contributed by atoms with E-state index in [0.717, 1.165) is 18.9 Å². The zero-order chi connectivity index (χ0) is 20.2. The lowest BCUT2D eigenvalue weighted by molar-refractivity contribution is 0.121. The van der Waals surface area contributed by atoms with Gasteiger partial charge in [-0.1, -0.05) is 0 Å². The van der Waals surface area contributed by atoms with Crippen LogP contribution in [0, 0.1) is 0 Å². The minimum Gasteiger partial charge on any atom is -0.504 e. The fraction of sp³-hybridized carbons (Fsp3) is 0.421. The number of aromatic nitrogens is 2. The number of phenols is 2. The first-order chi connectivity index (χ1) is 14.2. The molecule has 0 aliphatic carbocycles. The molecule has 2 saturated heterocycles. The molecule has 2 aliphatic rings. The van der Waals surface area contributed by atoms with Gasteiger partial charge in [-0.3, -0.25) is 0 Å². The van der Waals surface area contributed by atoms with Crippen LogP contribution >= 0.6 is 0 Å². The molecule has 2 aromatic rings. The zero-order valence-electron chi connectivity index (χ0n) is 16.0. The van der Waals surface area contributed by atoms with Crippen molar-refractivity contribution in [1.29, 1.82) is 0 Å². The average molecular weight is 400 g/mol. The van der Waals surface area contributed by atoms with Crippen molar-refractivity contribution < 1.29 is 19.7 Å². The van der Waals surface area contributed by atoms with Gasteiger partial charge in [0.2, 0.25) is 5.95 Å². The Hall–Kier alpha value is -3.11. The van der Waals surface area contributed by atoms with E-state index in [2.05, 4.69) is 14.9 Å². The van der Waals surface area contributed by atoms with Crippen LogP contribution in [0.3, 0.4) is 0 Å². The quantitative estimate of drug-likeness (QED) is 0.287. The lowest BCUT2D eigenvalue weighted by Crippen LogP contribution is -2.39. The van der Waals surface area contributed by atoms with Gasteiger partial charge < -0.3 is 35.3 Å². The van der Waals surface area contributed by atoms with Gasteiger partial charge in [0, 0.05) is 37.8 Å². The molecular formula is C19H24N6O4. The largest absolute Gasteiger partial charge is 0.504 e. The summed E-state index contributed by atoms with van der Waals surface area (Å²) >= 11 is 0. The number of hydrogen-bond acceptors (Lipinski definition) is 10. The highest BCUT2D eigenvalue weighted by Gasteiger charge is 2.22. The Balaban J connectivity index is 1.76. The molecule has 4 N–H and O–H groups in total. The number of hydrazone groups is 1. The predicted octanol–water partition coefficient (Wildman–Crippen LogP) is 0.272. The molecule has 3 heterocycles. The van der Waals surface area contributed by atoms with Crippen LogP contribution in [0.25, 0.3) is 0 Å². The number of anilines is 2. The molecule has 2 aliphatic heterocycles. The van der Waals surface area contributed by atoms with Gasteiger partial charge in [0.05, 0.1) is 32.1 Å². The van der Waals surface area contributed by atoms with Gasteiger partial charge in [-0.05, 0) is 18.2 Å². The van der Waals surface area contributed by atoms with Crippen molar-refractivity contribution in [2.75, 3.05) is 62.4 Å². The summed E-state index contributed by atoms with van der Waals surface area (Å²) in [5, 5.41) is 23.4. The molecule has 10 nitrogen and oxygen atoms in total. The summed E-state index contributed by atoms with van der Waals surface area (Å²) in [6, 6.07) is 6.27. The Morgan fingerprint density at radius 2 is 1.55 bits per heavy atom. The van der Waals surface area contributed by atoms with Gasteiger partial charge in [0.15, 0.2) is 11.5 Å². The number of nitrogens with zero attached hydrogens (tertiary/aromatic N) is 5. The van der Waals surface area contributed by atoms with Gasteiger partial charge >= 0.3 is 0 Å². The van der Waals surface area contributed by atoms with Gasteiger partial charge in [0.1, 0.15) is 11.5 Å². The minimum absolute atomic E-state index is 0.212. The second kappa shape index (κ2) is 8.50. The van der Waals surface area contributed by atoms with Crippen LogP contribution in [0.4, 0.5) is 11.8 Å². The summed E-state index contributed by atoms with van der Waals surface area (Å²) in [5.74, 6) is 6.58. The molecule has 0 unspecified atom stereocenters. The molecule has 29 heavy (non-hydrogen) atoms. The Labute approximate surface area is 168 Å². The first kappa shape index (κ1) is 19.2. The summed E-state index contributed by atoms with van der Waals surface area (Å²) in [7, 11) is 0. The number of phenolic OH excluding ortho intramolecular Hbond substituents is 2. The van der Waals surface area contributed by atoms with E-state index < -0.39 is 0 Å². The number of nitrogens with two attached hydrogens (primary N) is 1. The van der Waals surface area contributed by atoms with Gasteiger partial charge in [0.25, 0.3) is 0 Å². The molecule has 154 valence electrons. The fourth-order valence-electron chi connectivity index (χ4n) is 3.36. The van der Waals surface area contributed by atoms with Crippen LogP contribution in [0.2, 0.25) is 0 Å². The number of morpholine rings is 2. The standard InChI is InChI=1S/C19H24N6O4/c20-23-18(13-1-2-15(26)16(27)11-13)14-12-17(24-3-7-28-8-4-24)22-19(21-14)25-5-9-29-10-6-25/h1-2,11-12,26-27H,3-10,20H2/b23-18+. The SMILES string of the molecule is N/N=C(\c1ccc(O)c(O)c1)c1cc(N2CCOCC2)nc(N2CCOCC2)n1. The van der Waals surface area contributed by atoms with Crippen LogP contribution in [-0.4, -0.2) is 78.5 Å². The molecule has 0 bridgehead atoms. The number of rotatable bonds is 4. The smallest absolute Gasteiger partial charge is 0.228 e. The zero-order valence-corrected chi connectivity index (χ0v) is 16.0. The van der Waals surface area contributed by atoms with Crippen molar-refractivity contribution >= 4 is 17.5 Å². The highest BCUT2D eigenvalue weighted by Crippen LogP contribution is 2.27. The molecule has 2 fully saturated rings. The lowest BCUT2D eigenvalue weighted by Gasteiger charge is -2.31. The second-order valence-electron chi connectivity index (χ2n) is 6.79. The highest BCUT2D eigenvalue weighted by atomic mass is 16.5. The van der Waals surface area contributed by atoms with Crippen LogP contribution in [0.5, 0.6) is 11.5 Å². The highest BCUT2D eigenvalue weighted by molar-refractivity contribution is 6.12. The molecule has 0 spiro atoms. The molecule has 4 rings (SSSR count). The average Bonchev–Trinajstić information content (AvgIpc) is 2.78.